The summed E-state index contributed by atoms with van der Waals surface area (Å²) >= 11 is 0. The van der Waals surface area contributed by atoms with Gasteiger partial charge in [-0.2, -0.15) is 0 Å². The molecule has 7 rings (SSSR count). The number of amides is 1. The molecule has 28 heavy (non-hydrogen) atoms. The molecule has 0 radical (unpaired) electrons. The predicted octanol–water partition coefficient (Wildman–Crippen LogP) is 1.62. The molecule has 7 heteroatoms. The van der Waals surface area contributed by atoms with Gasteiger partial charge in [-0.25, -0.2) is 9.97 Å². The molecule has 1 unspecified atom stereocenters. The summed E-state index contributed by atoms with van der Waals surface area (Å²) in [4.78, 5) is 29.3. The standard InChI is InChI=1S/C21H28N6O/c28-21(16-11-18-20(22-12-16)27(14-23-18)17-1-2-17)26-9-7-25(8-10-26)19-13-24-5-3-15(19)4-6-24/h11-12,14-15,17,19H,1-10,13H2. The maximum Gasteiger partial charge on any atom is 0.255 e. The minimum absolute atomic E-state index is 0.101. The van der Waals surface area contributed by atoms with Gasteiger partial charge in [-0.1, -0.05) is 0 Å². The van der Waals surface area contributed by atoms with Crippen molar-refractivity contribution in [3.05, 3.63) is 24.2 Å². The zero-order valence-electron chi connectivity index (χ0n) is 16.3. The van der Waals surface area contributed by atoms with Crippen LogP contribution in [-0.2, 0) is 0 Å². The molecule has 1 atom stereocenters. The zero-order chi connectivity index (χ0) is 18.7. The molecular weight excluding hydrogens is 352 g/mol. The molecule has 1 amide bonds. The first-order valence-corrected chi connectivity index (χ1v) is 10.8. The number of piperazine rings is 1. The van der Waals surface area contributed by atoms with Crippen LogP contribution in [0.25, 0.3) is 11.2 Å². The Kier molecular flexibility index (Phi) is 3.94. The zero-order valence-corrected chi connectivity index (χ0v) is 16.3. The van der Waals surface area contributed by atoms with Crippen LogP contribution in [0, 0.1) is 5.92 Å². The van der Waals surface area contributed by atoms with Crippen molar-refractivity contribution in [1.29, 1.82) is 0 Å². The summed E-state index contributed by atoms with van der Waals surface area (Å²) in [5, 5.41) is 0. The van der Waals surface area contributed by atoms with Gasteiger partial charge in [0.25, 0.3) is 5.91 Å². The average Bonchev–Trinajstić information content (AvgIpc) is 3.52. The van der Waals surface area contributed by atoms with Gasteiger partial charge in [0, 0.05) is 51.0 Å². The minimum atomic E-state index is 0.101. The largest absolute Gasteiger partial charge is 0.336 e. The van der Waals surface area contributed by atoms with E-state index in [1.165, 1.54) is 45.3 Å². The number of fused-ring (bicyclic) bond motifs is 4. The first-order chi connectivity index (χ1) is 13.8. The summed E-state index contributed by atoms with van der Waals surface area (Å²) in [6.45, 7) is 7.41. The number of hydrogen-bond donors (Lipinski definition) is 0. The van der Waals surface area contributed by atoms with Crippen molar-refractivity contribution in [1.82, 2.24) is 29.2 Å². The Morgan fingerprint density at radius 3 is 2.43 bits per heavy atom. The Balaban J connectivity index is 1.13. The van der Waals surface area contributed by atoms with Crippen LogP contribution in [-0.4, -0.2) is 87.0 Å². The highest BCUT2D eigenvalue weighted by molar-refractivity contribution is 5.96. The second-order valence-electron chi connectivity index (χ2n) is 8.98. The van der Waals surface area contributed by atoms with Gasteiger partial charge in [0.15, 0.2) is 5.65 Å². The number of rotatable bonds is 3. The lowest BCUT2D eigenvalue weighted by Gasteiger charge is -2.51. The third-order valence-electron chi connectivity index (χ3n) is 7.29. The molecule has 4 aliphatic heterocycles. The minimum Gasteiger partial charge on any atom is -0.336 e. The molecule has 6 heterocycles. The molecule has 0 aromatic carbocycles. The van der Waals surface area contributed by atoms with Gasteiger partial charge in [0.05, 0.1) is 11.9 Å². The fourth-order valence-electron chi connectivity index (χ4n) is 5.44. The molecule has 5 fully saturated rings. The summed E-state index contributed by atoms with van der Waals surface area (Å²) in [7, 11) is 0. The Morgan fingerprint density at radius 2 is 1.75 bits per heavy atom. The lowest BCUT2D eigenvalue weighted by atomic mass is 9.83. The molecular formula is C21H28N6O. The first-order valence-electron chi connectivity index (χ1n) is 10.8. The molecule has 2 aromatic rings. The smallest absolute Gasteiger partial charge is 0.255 e. The monoisotopic (exact) mass is 380 g/mol. The van der Waals surface area contributed by atoms with Crippen LogP contribution in [0.2, 0.25) is 0 Å². The predicted molar refractivity (Wildman–Crippen MR) is 106 cm³/mol. The van der Waals surface area contributed by atoms with Crippen molar-refractivity contribution < 1.29 is 4.79 Å². The summed E-state index contributed by atoms with van der Waals surface area (Å²) < 4.78 is 2.15. The van der Waals surface area contributed by atoms with Crippen LogP contribution >= 0.6 is 0 Å². The highest BCUT2D eigenvalue weighted by Gasteiger charge is 2.38. The van der Waals surface area contributed by atoms with Crippen LogP contribution in [0.3, 0.4) is 0 Å². The van der Waals surface area contributed by atoms with Crippen molar-refractivity contribution in [3.63, 3.8) is 0 Å². The van der Waals surface area contributed by atoms with E-state index < -0.39 is 0 Å². The van der Waals surface area contributed by atoms with Crippen LogP contribution < -0.4 is 0 Å². The van der Waals surface area contributed by atoms with Crippen molar-refractivity contribution in [3.8, 4) is 0 Å². The third kappa shape index (κ3) is 2.83. The molecule has 0 N–H and O–H groups in total. The molecule has 1 aliphatic carbocycles. The lowest BCUT2D eigenvalue weighted by molar-refractivity contribution is -0.0131. The van der Waals surface area contributed by atoms with Gasteiger partial charge in [-0.05, 0) is 50.8 Å². The van der Waals surface area contributed by atoms with E-state index in [9.17, 15) is 4.79 Å². The van der Waals surface area contributed by atoms with Crippen LogP contribution in [0.5, 0.6) is 0 Å². The molecule has 0 spiro atoms. The van der Waals surface area contributed by atoms with Crippen LogP contribution in [0.15, 0.2) is 18.6 Å². The second kappa shape index (κ2) is 6.52. The number of pyridine rings is 1. The summed E-state index contributed by atoms with van der Waals surface area (Å²) in [5.74, 6) is 0.962. The second-order valence-corrected chi connectivity index (χ2v) is 8.98. The van der Waals surface area contributed by atoms with Crippen molar-refractivity contribution in [2.24, 2.45) is 5.92 Å². The third-order valence-corrected chi connectivity index (χ3v) is 7.29. The fourth-order valence-corrected chi connectivity index (χ4v) is 5.44. The topological polar surface area (TPSA) is 57.5 Å². The van der Waals surface area contributed by atoms with Crippen molar-refractivity contribution in [2.45, 2.75) is 37.8 Å². The van der Waals surface area contributed by atoms with E-state index in [0.717, 1.165) is 43.3 Å². The Labute approximate surface area is 165 Å². The van der Waals surface area contributed by atoms with Gasteiger partial charge in [-0.15, -0.1) is 0 Å². The SMILES string of the molecule is O=C(c1cnc2c(c1)ncn2C1CC1)N1CCN(C2CN3CCC2CC3)CC1. The van der Waals surface area contributed by atoms with Crippen molar-refractivity contribution in [2.75, 3.05) is 45.8 Å². The van der Waals surface area contributed by atoms with Gasteiger partial charge in [0.1, 0.15) is 5.52 Å². The summed E-state index contributed by atoms with van der Waals surface area (Å²) in [6, 6.07) is 3.17. The number of carbonyl (C=O) groups excluding carboxylic acids is 1. The molecule has 5 aliphatic rings. The van der Waals surface area contributed by atoms with Gasteiger partial charge in [0.2, 0.25) is 0 Å². The molecule has 2 aromatic heterocycles. The summed E-state index contributed by atoms with van der Waals surface area (Å²) in [6.07, 6.45) is 8.72. The molecule has 148 valence electrons. The number of hydrogen-bond acceptors (Lipinski definition) is 5. The summed E-state index contributed by atoms with van der Waals surface area (Å²) in [5.41, 5.74) is 2.42. The molecule has 2 bridgehead atoms. The number of carbonyl (C=O) groups is 1. The Morgan fingerprint density at radius 1 is 0.964 bits per heavy atom. The van der Waals surface area contributed by atoms with Gasteiger partial charge < -0.3 is 14.4 Å². The van der Waals surface area contributed by atoms with Crippen LogP contribution in [0.1, 0.15) is 42.1 Å². The van der Waals surface area contributed by atoms with E-state index in [0.29, 0.717) is 17.6 Å². The first kappa shape index (κ1) is 16.9. The molecule has 7 nitrogen and oxygen atoms in total. The Hall–Kier alpha value is -1.99. The van der Waals surface area contributed by atoms with Gasteiger partial charge in [-0.3, -0.25) is 9.69 Å². The van der Waals surface area contributed by atoms with Crippen molar-refractivity contribution >= 4 is 17.1 Å². The van der Waals surface area contributed by atoms with E-state index in [1.807, 2.05) is 17.3 Å². The quantitative estimate of drug-likeness (QED) is 0.810. The Bertz CT molecular complexity index is 889. The maximum atomic E-state index is 13.0. The number of imidazole rings is 1. The number of aromatic nitrogens is 3. The highest BCUT2D eigenvalue weighted by Crippen LogP contribution is 2.36. The highest BCUT2D eigenvalue weighted by atomic mass is 16.2. The average molecular weight is 380 g/mol. The van der Waals surface area contributed by atoms with Gasteiger partial charge >= 0.3 is 0 Å². The van der Waals surface area contributed by atoms with Crippen LogP contribution in [0.4, 0.5) is 0 Å². The fraction of sp³-hybridized carbons (Fsp3) is 0.667. The normalized spacial score (nSPS) is 30.9. The van der Waals surface area contributed by atoms with E-state index in [1.54, 1.807) is 6.20 Å². The number of nitrogens with zero attached hydrogens (tertiary/aromatic N) is 6. The lowest BCUT2D eigenvalue weighted by Crippen LogP contribution is -2.61. The van der Waals surface area contributed by atoms with E-state index in [2.05, 4.69) is 24.3 Å². The maximum absolute atomic E-state index is 13.0. The van der Waals surface area contributed by atoms with E-state index in [4.69, 9.17) is 0 Å². The number of piperidine rings is 3. The van der Waals surface area contributed by atoms with E-state index >= 15 is 0 Å². The molecule has 1 saturated carbocycles. The molecule has 4 saturated heterocycles. The van der Waals surface area contributed by atoms with E-state index in [-0.39, 0.29) is 5.91 Å².